The first kappa shape index (κ1) is 56.1. The van der Waals surface area contributed by atoms with Crippen LogP contribution >= 0.6 is 0 Å². The summed E-state index contributed by atoms with van der Waals surface area (Å²) in [4.78, 5) is 132. The highest BCUT2D eigenvalue weighted by atomic mass is 16.4. The zero-order valence-corrected chi connectivity index (χ0v) is 41.0. The van der Waals surface area contributed by atoms with Crippen LogP contribution < -0.4 is 48.7 Å². The highest BCUT2D eigenvalue weighted by molar-refractivity contribution is 5.94. The number of nitrogens with one attached hydrogen (secondary N) is 7. The molecule has 0 aromatic heterocycles. The van der Waals surface area contributed by atoms with E-state index in [0.29, 0.717) is 83.0 Å². The van der Waals surface area contributed by atoms with Gasteiger partial charge in [0.25, 0.3) is 0 Å². The Kier molecular flexibility index (Phi) is 21.5. The van der Waals surface area contributed by atoms with Crippen LogP contribution in [0.4, 0.5) is 0 Å². The van der Waals surface area contributed by atoms with Crippen LogP contribution in [-0.4, -0.2) is 132 Å². The van der Waals surface area contributed by atoms with Gasteiger partial charge in [0.05, 0.1) is 35.9 Å². The number of carbonyl (C=O) groups excluding carboxylic acids is 9. The lowest BCUT2D eigenvalue weighted by molar-refractivity contribution is -0.138. The molecule has 0 bridgehead atoms. The molecule has 0 spiro atoms. The fraction of sp³-hybridized carbons (Fsp3) is 0.680. The number of carboxylic acid groups (broad SMARTS) is 1. The van der Waals surface area contributed by atoms with E-state index in [2.05, 4.69) is 37.2 Å². The van der Waals surface area contributed by atoms with Crippen LogP contribution in [0.5, 0.6) is 5.75 Å². The molecule has 4 aliphatic rings. The van der Waals surface area contributed by atoms with Crippen molar-refractivity contribution in [1.82, 2.24) is 37.2 Å². The molecule has 8 unspecified atom stereocenters. The Labute approximate surface area is 414 Å². The molecule has 4 fully saturated rings. The largest absolute Gasteiger partial charge is 0.508 e. The van der Waals surface area contributed by atoms with Gasteiger partial charge in [0, 0.05) is 57.7 Å². The van der Waals surface area contributed by atoms with Gasteiger partial charge in [-0.05, 0) is 120 Å². The van der Waals surface area contributed by atoms with Gasteiger partial charge in [0.1, 0.15) is 11.8 Å². The lowest BCUT2D eigenvalue weighted by atomic mass is 9.85. The van der Waals surface area contributed by atoms with E-state index in [1.165, 1.54) is 26.0 Å². The summed E-state index contributed by atoms with van der Waals surface area (Å²) in [5.74, 6) is -8.71. The van der Waals surface area contributed by atoms with E-state index < -0.39 is 101 Å². The molecule has 2 saturated carbocycles. The Morgan fingerprint density at radius 2 is 1.14 bits per heavy atom. The highest BCUT2D eigenvalue weighted by Crippen LogP contribution is 2.36. The number of ketones is 3. The van der Waals surface area contributed by atoms with Gasteiger partial charge in [-0.3, -0.25) is 47.9 Å². The van der Waals surface area contributed by atoms with Crippen molar-refractivity contribution in [3.63, 3.8) is 0 Å². The minimum absolute atomic E-state index is 0.00410. The lowest BCUT2D eigenvalue weighted by Crippen LogP contribution is -2.50. The van der Waals surface area contributed by atoms with Gasteiger partial charge < -0.3 is 58.9 Å². The van der Waals surface area contributed by atoms with Gasteiger partial charge in [-0.25, -0.2) is 0 Å². The Balaban J connectivity index is 1.25. The molecule has 21 nitrogen and oxygen atoms in total. The maximum absolute atomic E-state index is 14.4. The Hall–Kier alpha value is -5.80. The summed E-state index contributed by atoms with van der Waals surface area (Å²) in [7, 11) is 0. The molecule has 1 aromatic rings. The van der Waals surface area contributed by atoms with Gasteiger partial charge in [-0.1, -0.05) is 25.0 Å². The lowest BCUT2D eigenvalue weighted by Gasteiger charge is -2.27. The van der Waals surface area contributed by atoms with Crippen LogP contribution in [0.25, 0.3) is 0 Å². The second-order valence-corrected chi connectivity index (χ2v) is 20.1. The Morgan fingerprint density at radius 1 is 0.634 bits per heavy atom. The van der Waals surface area contributed by atoms with Gasteiger partial charge in [-0.15, -0.1) is 0 Å². The van der Waals surface area contributed by atoms with Gasteiger partial charge in [0.15, 0.2) is 17.3 Å². The second kappa shape index (κ2) is 27.1. The third-order valence-corrected chi connectivity index (χ3v) is 14.9. The monoisotopic (exact) mass is 994 g/mol. The summed E-state index contributed by atoms with van der Waals surface area (Å²) in [6, 6.07) is 1.87. The van der Waals surface area contributed by atoms with E-state index >= 15 is 0 Å². The van der Waals surface area contributed by atoms with Crippen molar-refractivity contribution in [1.29, 1.82) is 0 Å². The fourth-order valence-corrected chi connectivity index (χ4v) is 10.8. The minimum atomic E-state index is -1.15. The van der Waals surface area contributed by atoms with Crippen molar-refractivity contribution in [3.05, 3.63) is 29.8 Å². The highest BCUT2D eigenvalue weighted by Gasteiger charge is 2.42. The molecule has 6 amide bonds. The van der Waals surface area contributed by atoms with Gasteiger partial charge >= 0.3 is 5.97 Å². The van der Waals surface area contributed by atoms with Crippen LogP contribution in [-0.2, 0) is 54.4 Å². The number of primary amides is 1. The molecule has 1 aromatic carbocycles. The number of aliphatic carboxylic acids is 1. The maximum Gasteiger partial charge on any atom is 0.303 e. The minimum Gasteiger partial charge on any atom is -0.508 e. The zero-order valence-electron chi connectivity index (χ0n) is 41.0. The first-order chi connectivity index (χ1) is 33.8. The third kappa shape index (κ3) is 16.6. The van der Waals surface area contributed by atoms with E-state index in [0.717, 1.165) is 0 Å². The summed E-state index contributed by atoms with van der Waals surface area (Å²) in [5.41, 5.74) is 11.8. The molecule has 392 valence electrons. The molecule has 13 N–H and O–H groups in total. The van der Waals surface area contributed by atoms with E-state index in [-0.39, 0.29) is 86.7 Å². The molecule has 2 heterocycles. The van der Waals surface area contributed by atoms with Crippen molar-refractivity contribution < 1.29 is 58.2 Å². The van der Waals surface area contributed by atoms with Crippen LogP contribution in [0.3, 0.4) is 0 Å². The van der Waals surface area contributed by atoms with Crippen LogP contribution in [0, 0.1) is 41.4 Å². The number of hydrogen-bond donors (Lipinski definition) is 11. The van der Waals surface area contributed by atoms with E-state index in [1.807, 2.05) is 0 Å². The van der Waals surface area contributed by atoms with E-state index in [9.17, 15) is 58.2 Å². The number of benzene rings is 1. The number of nitrogens with two attached hydrogens (primary N) is 2. The quantitative estimate of drug-likeness (QED) is 0.0478. The average Bonchev–Trinajstić information content (AvgIpc) is 4.16. The van der Waals surface area contributed by atoms with Crippen molar-refractivity contribution >= 4 is 58.8 Å². The van der Waals surface area contributed by atoms with Crippen LogP contribution in [0.1, 0.15) is 109 Å². The standard InChI is InChI=1S/C50H75N9O12/c1-27(46(52)67)55-49(70)36-25-53-23-31(36)21-42(62)39(10-3-4-18-51)57-47(68)34-8-5-7-30(34)20-44(64)41(19-29-12-14-33(61)15-13-29)59-50(71)37-26-54-24-32(37)22-43(63)40(16-17-45(65)66)58-48(69)35-9-6-11-38(35)56-28(2)60/h12-15,27,30-32,34-41,53-54,61H,3-11,16-26,51H2,1-2H3,(H2,52,67)(H,55,70)(H,56,60)(H,57,68)(H,58,69)(H,59,71)(H,65,66)/t27-,30?,31?,32?,34?,35?,36?,37?,38?,39-,40-,41-/m0/s1. The van der Waals surface area contributed by atoms with Crippen LogP contribution in [0.15, 0.2) is 24.3 Å². The first-order valence-corrected chi connectivity index (χ1v) is 25.3. The van der Waals surface area contributed by atoms with Crippen molar-refractivity contribution in [2.75, 3.05) is 32.7 Å². The molecule has 21 heteroatoms. The predicted molar refractivity (Wildman–Crippen MR) is 259 cm³/mol. The van der Waals surface area contributed by atoms with Gasteiger partial charge in [0.2, 0.25) is 35.4 Å². The number of carbonyl (C=O) groups is 10. The number of amides is 6. The molecular weight excluding hydrogens is 919 g/mol. The molecule has 2 aliphatic heterocycles. The number of phenols is 1. The SMILES string of the molecule is CC(=O)NC1CCCC1C(=O)N[C@@H](CCC(=O)O)C(=O)CC1CNCC1C(=O)N[C@@H](Cc1ccc(O)cc1)C(=O)CC1CCCC1C(=O)N[C@@H](CCCCN)C(=O)CC1CNCC1C(=O)N[C@@H](C)C(N)=O. The average molecular weight is 994 g/mol. The maximum atomic E-state index is 14.4. The number of phenolic OH excluding ortho intramolecular Hbond substituents is 1. The zero-order chi connectivity index (χ0) is 51.8. The Bertz CT molecular complexity index is 2090. The molecule has 2 saturated heterocycles. The topological polar surface area (TPSA) is 347 Å². The first-order valence-electron chi connectivity index (χ1n) is 25.3. The number of carboxylic acids is 1. The summed E-state index contributed by atoms with van der Waals surface area (Å²) in [6.45, 7) is 4.39. The summed E-state index contributed by atoms with van der Waals surface area (Å²) in [6.07, 6.45) is 4.27. The summed E-state index contributed by atoms with van der Waals surface area (Å²) >= 11 is 0. The van der Waals surface area contributed by atoms with Crippen LogP contribution in [0.2, 0.25) is 0 Å². The molecule has 71 heavy (non-hydrogen) atoms. The second-order valence-electron chi connectivity index (χ2n) is 20.1. The molecule has 12 atom stereocenters. The van der Waals surface area contributed by atoms with Crippen molar-refractivity contribution in [2.24, 2.45) is 52.9 Å². The van der Waals surface area contributed by atoms with Gasteiger partial charge in [-0.2, -0.15) is 0 Å². The molecule has 0 radical (unpaired) electrons. The van der Waals surface area contributed by atoms with Crippen molar-refractivity contribution in [2.45, 2.75) is 140 Å². The molecular formula is C50H75N9O12. The molecule has 5 rings (SSSR count). The Morgan fingerprint density at radius 3 is 1.72 bits per heavy atom. The molecule has 2 aliphatic carbocycles. The number of Topliss-reactive ketones (excluding diaryl/α,β-unsaturated/α-hetero) is 3. The number of rotatable bonds is 28. The normalized spacial score (nSPS) is 25.5. The van der Waals surface area contributed by atoms with Crippen molar-refractivity contribution in [3.8, 4) is 5.75 Å². The third-order valence-electron chi connectivity index (χ3n) is 14.9. The van der Waals surface area contributed by atoms with E-state index in [4.69, 9.17) is 11.5 Å². The summed E-state index contributed by atoms with van der Waals surface area (Å²) < 4.78 is 0. The predicted octanol–water partition coefficient (Wildman–Crippen LogP) is -0.357. The van der Waals surface area contributed by atoms with E-state index in [1.54, 1.807) is 12.1 Å². The smallest absolute Gasteiger partial charge is 0.303 e. The summed E-state index contributed by atoms with van der Waals surface area (Å²) in [5, 5.41) is 39.8. The number of hydrogen-bond acceptors (Lipinski definition) is 14. The fourth-order valence-electron chi connectivity index (χ4n) is 10.8. The number of unbranched alkanes of at least 4 members (excludes halogenated alkanes) is 1. The number of aromatic hydroxyl groups is 1.